The van der Waals surface area contributed by atoms with E-state index < -0.39 is 0 Å². The van der Waals surface area contributed by atoms with E-state index in [1.807, 2.05) is 0 Å². The van der Waals surface area contributed by atoms with E-state index in [0.717, 1.165) is 32.2 Å². The molecule has 0 radical (unpaired) electrons. The normalized spacial score (nSPS) is 15.3. The van der Waals surface area contributed by atoms with Crippen LogP contribution in [0.4, 0.5) is 0 Å². The Hall–Kier alpha value is -0.570. The summed E-state index contributed by atoms with van der Waals surface area (Å²) in [5, 5.41) is 0. The van der Waals surface area contributed by atoms with E-state index in [0.29, 0.717) is 6.42 Å². The molecule has 0 aliphatic heterocycles. The standard InChI is InChI=1S/C10H22N2O/c1-3-10(2,8-9(12)13)6-4-5-7-11/h3-8,11H2,1-2H3,(H2,12,13). The lowest BCUT2D eigenvalue weighted by Crippen LogP contribution is -2.24. The van der Waals surface area contributed by atoms with Crippen molar-refractivity contribution in [1.82, 2.24) is 0 Å². The Morgan fingerprint density at radius 1 is 1.38 bits per heavy atom. The van der Waals surface area contributed by atoms with Gasteiger partial charge >= 0.3 is 0 Å². The van der Waals surface area contributed by atoms with Gasteiger partial charge in [0.15, 0.2) is 0 Å². The van der Waals surface area contributed by atoms with E-state index in [9.17, 15) is 4.79 Å². The molecule has 3 heteroatoms. The maximum absolute atomic E-state index is 10.8. The highest BCUT2D eigenvalue weighted by Crippen LogP contribution is 2.31. The molecule has 0 bridgehead atoms. The number of rotatable bonds is 7. The fourth-order valence-corrected chi connectivity index (χ4v) is 1.51. The summed E-state index contributed by atoms with van der Waals surface area (Å²) in [5.74, 6) is -0.197. The molecule has 0 aromatic rings. The van der Waals surface area contributed by atoms with Crippen LogP contribution in [0.1, 0.15) is 46.0 Å². The Morgan fingerprint density at radius 2 is 2.00 bits per heavy atom. The number of carbonyl (C=O) groups excluding carboxylic acids is 1. The smallest absolute Gasteiger partial charge is 0.217 e. The summed E-state index contributed by atoms with van der Waals surface area (Å²) in [6, 6.07) is 0. The number of hydrogen-bond acceptors (Lipinski definition) is 2. The summed E-state index contributed by atoms with van der Waals surface area (Å²) in [6.45, 7) is 4.95. The first-order valence-electron chi connectivity index (χ1n) is 5.02. The van der Waals surface area contributed by atoms with E-state index in [2.05, 4.69) is 13.8 Å². The molecule has 78 valence electrons. The maximum Gasteiger partial charge on any atom is 0.217 e. The summed E-state index contributed by atoms with van der Waals surface area (Å²) < 4.78 is 0. The molecule has 0 saturated carbocycles. The van der Waals surface area contributed by atoms with Gasteiger partial charge in [-0.05, 0) is 24.8 Å². The molecule has 0 aromatic carbocycles. The van der Waals surface area contributed by atoms with Crippen molar-refractivity contribution in [1.29, 1.82) is 0 Å². The number of nitrogens with two attached hydrogens (primary N) is 2. The first-order valence-corrected chi connectivity index (χ1v) is 5.02. The minimum atomic E-state index is -0.197. The highest BCUT2D eigenvalue weighted by Gasteiger charge is 2.23. The van der Waals surface area contributed by atoms with Crippen molar-refractivity contribution in [2.45, 2.75) is 46.0 Å². The van der Waals surface area contributed by atoms with Crippen LogP contribution in [0.5, 0.6) is 0 Å². The minimum absolute atomic E-state index is 0.0843. The van der Waals surface area contributed by atoms with Gasteiger partial charge in [0.05, 0.1) is 0 Å². The van der Waals surface area contributed by atoms with Crippen molar-refractivity contribution in [3.05, 3.63) is 0 Å². The number of carbonyl (C=O) groups is 1. The summed E-state index contributed by atoms with van der Waals surface area (Å²) in [6.07, 6.45) is 4.67. The summed E-state index contributed by atoms with van der Waals surface area (Å²) in [4.78, 5) is 10.8. The molecule has 0 aromatic heterocycles. The van der Waals surface area contributed by atoms with Crippen LogP contribution >= 0.6 is 0 Å². The molecule has 0 heterocycles. The van der Waals surface area contributed by atoms with Gasteiger partial charge in [0.2, 0.25) is 5.91 Å². The van der Waals surface area contributed by atoms with Crippen molar-refractivity contribution in [3.63, 3.8) is 0 Å². The van der Waals surface area contributed by atoms with Crippen molar-refractivity contribution < 1.29 is 4.79 Å². The third-order valence-electron chi connectivity index (χ3n) is 2.69. The third-order valence-corrected chi connectivity index (χ3v) is 2.69. The fourth-order valence-electron chi connectivity index (χ4n) is 1.51. The van der Waals surface area contributed by atoms with Crippen molar-refractivity contribution >= 4 is 5.91 Å². The van der Waals surface area contributed by atoms with Crippen LogP contribution in [0.2, 0.25) is 0 Å². The number of primary amides is 1. The molecule has 4 N–H and O–H groups in total. The number of amides is 1. The van der Waals surface area contributed by atoms with E-state index in [1.165, 1.54) is 0 Å². The Labute approximate surface area is 80.9 Å². The minimum Gasteiger partial charge on any atom is -0.370 e. The van der Waals surface area contributed by atoms with E-state index in [1.54, 1.807) is 0 Å². The van der Waals surface area contributed by atoms with Gasteiger partial charge < -0.3 is 11.5 Å². The molecule has 0 aliphatic rings. The first-order chi connectivity index (χ1) is 6.04. The molecule has 0 aliphatic carbocycles. The highest BCUT2D eigenvalue weighted by molar-refractivity contribution is 5.74. The van der Waals surface area contributed by atoms with E-state index in [4.69, 9.17) is 11.5 Å². The SMILES string of the molecule is CCC(C)(CCCCN)CC(N)=O. The molecule has 1 unspecified atom stereocenters. The molecule has 0 fully saturated rings. The van der Waals surface area contributed by atoms with Gasteiger partial charge in [0.25, 0.3) is 0 Å². The lowest BCUT2D eigenvalue weighted by Gasteiger charge is -2.26. The van der Waals surface area contributed by atoms with Crippen molar-refractivity contribution in [2.75, 3.05) is 6.54 Å². The van der Waals surface area contributed by atoms with Gasteiger partial charge in [-0.1, -0.05) is 26.7 Å². The zero-order valence-electron chi connectivity index (χ0n) is 8.81. The lowest BCUT2D eigenvalue weighted by atomic mass is 9.79. The van der Waals surface area contributed by atoms with Crippen LogP contribution in [0.3, 0.4) is 0 Å². The zero-order valence-corrected chi connectivity index (χ0v) is 8.81. The molecule has 0 rings (SSSR count). The molecule has 13 heavy (non-hydrogen) atoms. The van der Waals surface area contributed by atoms with Gasteiger partial charge in [0.1, 0.15) is 0 Å². The zero-order chi connectivity index (χ0) is 10.3. The molecule has 0 spiro atoms. The van der Waals surface area contributed by atoms with Crippen LogP contribution in [-0.4, -0.2) is 12.5 Å². The molecular formula is C10H22N2O. The summed E-state index contributed by atoms with van der Waals surface area (Å²) >= 11 is 0. The second kappa shape index (κ2) is 5.97. The quantitative estimate of drug-likeness (QED) is 0.590. The Bertz CT molecular complexity index is 159. The number of hydrogen-bond donors (Lipinski definition) is 2. The average Bonchev–Trinajstić information content (AvgIpc) is 2.04. The van der Waals surface area contributed by atoms with Crippen LogP contribution in [0, 0.1) is 5.41 Å². The lowest BCUT2D eigenvalue weighted by molar-refractivity contribution is -0.120. The van der Waals surface area contributed by atoms with E-state index in [-0.39, 0.29) is 11.3 Å². The third kappa shape index (κ3) is 5.64. The average molecular weight is 186 g/mol. The summed E-state index contributed by atoms with van der Waals surface area (Å²) in [5.41, 5.74) is 10.7. The number of unbranched alkanes of at least 4 members (excludes halogenated alkanes) is 1. The highest BCUT2D eigenvalue weighted by atomic mass is 16.1. The van der Waals surface area contributed by atoms with Crippen molar-refractivity contribution in [2.24, 2.45) is 16.9 Å². The second-order valence-corrected chi connectivity index (χ2v) is 4.05. The maximum atomic E-state index is 10.8. The molecule has 3 nitrogen and oxygen atoms in total. The summed E-state index contributed by atoms with van der Waals surface area (Å²) in [7, 11) is 0. The Morgan fingerprint density at radius 3 is 2.38 bits per heavy atom. The first kappa shape index (κ1) is 12.4. The van der Waals surface area contributed by atoms with Crippen LogP contribution in [0.15, 0.2) is 0 Å². The van der Waals surface area contributed by atoms with Crippen LogP contribution in [0.25, 0.3) is 0 Å². The Kier molecular flexibility index (Phi) is 5.71. The Balaban J connectivity index is 3.88. The molecule has 1 amide bonds. The van der Waals surface area contributed by atoms with Gasteiger partial charge in [-0.2, -0.15) is 0 Å². The predicted molar refractivity (Wildman–Crippen MR) is 55.1 cm³/mol. The van der Waals surface area contributed by atoms with Gasteiger partial charge in [-0.3, -0.25) is 4.79 Å². The second-order valence-electron chi connectivity index (χ2n) is 4.05. The predicted octanol–water partition coefficient (Wildman–Crippen LogP) is 1.41. The van der Waals surface area contributed by atoms with Crippen molar-refractivity contribution in [3.8, 4) is 0 Å². The molecule has 0 saturated heterocycles. The molecular weight excluding hydrogens is 164 g/mol. The van der Waals surface area contributed by atoms with Gasteiger partial charge in [-0.15, -0.1) is 0 Å². The molecule has 1 atom stereocenters. The van der Waals surface area contributed by atoms with Crippen LogP contribution < -0.4 is 11.5 Å². The monoisotopic (exact) mass is 186 g/mol. The van der Waals surface area contributed by atoms with Crippen LogP contribution in [-0.2, 0) is 4.79 Å². The van der Waals surface area contributed by atoms with Gasteiger partial charge in [-0.25, -0.2) is 0 Å². The largest absolute Gasteiger partial charge is 0.370 e. The fraction of sp³-hybridized carbons (Fsp3) is 0.900. The topological polar surface area (TPSA) is 69.1 Å². The van der Waals surface area contributed by atoms with E-state index >= 15 is 0 Å². The van der Waals surface area contributed by atoms with Gasteiger partial charge in [0, 0.05) is 6.42 Å².